The quantitative estimate of drug-likeness (QED) is 0.0321. The molecule has 11 nitrogen and oxygen atoms in total. The lowest BCUT2D eigenvalue weighted by atomic mass is 9.67. The highest BCUT2D eigenvalue weighted by molar-refractivity contribution is 6.25. The van der Waals surface area contributed by atoms with Gasteiger partial charge in [0.05, 0.1) is 50.9 Å². The van der Waals surface area contributed by atoms with Crippen molar-refractivity contribution in [2.45, 2.75) is 38.5 Å². The van der Waals surface area contributed by atoms with E-state index >= 15 is 22.0 Å². The molecule has 0 atom stereocenters. The van der Waals surface area contributed by atoms with E-state index in [4.69, 9.17) is 0 Å². The molecule has 0 spiro atoms. The molecule has 0 radical (unpaired) electrons. The van der Waals surface area contributed by atoms with E-state index in [1.807, 2.05) is 0 Å². The summed E-state index contributed by atoms with van der Waals surface area (Å²) < 4.78 is 172. The molecule has 0 amide bonds. The Morgan fingerprint density at radius 1 is 0.424 bits per heavy atom. The Kier molecular flexibility index (Phi) is 10.7. The molecule has 338 valence electrons. The van der Waals surface area contributed by atoms with Crippen molar-refractivity contribution in [3.8, 4) is 11.1 Å². The number of carbonyl (C=O) groups excluding carboxylic acids is 8. The highest BCUT2D eigenvalue weighted by atomic mass is 19.4. The molecular formula is C44H19F11O11. The highest BCUT2D eigenvalue weighted by Gasteiger charge is 2.62. The Morgan fingerprint density at radius 3 is 1.21 bits per heavy atom. The van der Waals surface area contributed by atoms with E-state index in [0.717, 1.165) is 6.07 Å². The topological polar surface area (TPSA) is 164 Å². The Hall–Kier alpha value is -7.91. The average molecular weight is 933 g/mol. The van der Waals surface area contributed by atoms with Crippen LogP contribution in [0.4, 0.5) is 48.3 Å². The predicted molar refractivity (Wildman–Crippen MR) is 196 cm³/mol. The Morgan fingerprint density at radius 2 is 0.788 bits per heavy atom. The number of ketones is 2. The van der Waals surface area contributed by atoms with Crippen molar-refractivity contribution in [2.75, 3.05) is 0 Å². The number of esters is 6. The molecule has 22 heteroatoms. The van der Waals surface area contributed by atoms with Gasteiger partial charge < -0.3 is 14.2 Å². The molecule has 5 aromatic carbocycles. The second-order valence-corrected chi connectivity index (χ2v) is 14.4. The summed E-state index contributed by atoms with van der Waals surface area (Å²) in [6.07, 6.45) is -11.1. The minimum atomic E-state index is -5.95. The van der Waals surface area contributed by atoms with Crippen molar-refractivity contribution < 1.29 is 101 Å². The summed E-state index contributed by atoms with van der Waals surface area (Å²) in [4.78, 5) is 94.9. The van der Waals surface area contributed by atoms with Gasteiger partial charge in [-0.2, -0.15) is 26.3 Å². The molecule has 0 unspecified atom stereocenters. The second kappa shape index (κ2) is 15.4. The third kappa shape index (κ3) is 6.73. The predicted octanol–water partition coefficient (Wildman–Crippen LogP) is 9.30. The Balaban J connectivity index is 0.000000204. The molecule has 0 bridgehead atoms. The third-order valence-corrected chi connectivity index (χ3v) is 10.8. The van der Waals surface area contributed by atoms with Crippen molar-refractivity contribution in [1.82, 2.24) is 0 Å². The fraction of sp³-hybridized carbons (Fsp3) is 0.136. The monoisotopic (exact) mass is 932 g/mol. The van der Waals surface area contributed by atoms with Gasteiger partial charge in [0, 0.05) is 11.1 Å². The molecule has 1 aliphatic carbocycles. The lowest BCUT2D eigenvalue weighted by molar-refractivity contribution is -0.168. The minimum Gasteiger partial charge on any atom is -0.386 e. The van der Waals surface area contributed by atoms with Gasteiger partial charge in [0.25, 0.3) is 0 Å². The first-order chi connectivity index (χ1) is 30.3. The van der Waals surface area contributed by atoms with Gasteiger partial charge in [0.15, 0.2) is 34.8 Å². The van der Waals surface area contributed by atoms with Crippen LogP contribution in [0.5, 0.6) is 0 Å². The summed E-state index contributed by atoms with van der Waals surface area (Å²) in [6, 6.07) is 7.05. The number of halogens is 11. The van der Waals surface area contributed by atoms with Crippen LogP contribution in [0.2, 0.25) is 0 Å². The van der Waals surface area contributed by atoms with Crippen molar-refractivity contribution in [1.29, 1.82) is 0 Å². The van der Waals surface area contributed by atoms with Crippen LogP contribution in [-0.2, 0) is 25.8 Å². The normalized spacial score (nSPS) is 15.1. The van der Waals surface area contributed by atoms with Crippen LogP contribution in [0.15, 0.2) is 60.7 Å². The second-order valence-electron chi connectivity index (χ2n) is 14.4. The smallest absolute Gasteiger partial charge is 0.386 e. The maximum Gasteiger partial charge on any atom is 0.417 e. The minimum absolute atomic E-state index is 0. The van der Waals surface area contributed by atoms with Gasteiger partial charge in [-0.1, -0.05) is 19.6 Å². The van der Waals surface area contributed by atoms with Gasteiger partial charge in [0.2, 0.25) is 5.82 Å². The number of aryl methyl sites for hydroxylation is 1. The summed E-state index contributed by atoms with van der Waals surface area (Å²) in [5, 5.41) is 0. The molecule has 66 heavy (non-hydrogen) atoms. The lowest BCUT2D eigenvalue weighted by Gasteiger charge is -2.38. The van der Waals surface area contributed by atoms with Crippen LogP contribution in [0, 0.1) is 36.0 Å². The number of hydrogen-bond acceptors (Lipinski definition) is 11. The largest absolute Gasteiger partial charge is 0.417 e. The van der Waals surface area contributed by atoms with Crippen LogP contribution >= 0.6 is 0 Å². The number of benzene rings is 5. The highest BCUT2D eigenvalue weighted by Crippen LogP contribution is 2.54. The lowest BCUT2D eigenvalue weighted by Crippen LogP contribution is -2.46. The van der Waals surface area contributed by atoms with Gasteiger partial charge in [0.1, 0.15) is 5.41 Å². The van der Waals surface area contributed by atoms with Gasteiger partial charge in [-0.25, -0.2) is 50.7 Å². The number of fused-ring (bicyclic) bond motifs is 4. The molecule has 0 fully saturated rings. The number of alkyl halides is 6. The first-order valence-corrected chi connectivity index (χ1v) is 17.9. The molecule has 3 aliphatic heterocycles. The van der Waals surface area contributed by atoms with E-state index in [1.54, 1.807) is 0 Å². The zero-order valence-corrected chi connectivity index (χ0v) is 31.6. The van der Waals surface area contributed by atoms with Crippen molar-refractivity contribution >= 4 is 47.4 Å². The van der Waals surface area contributed by atoms with Gasteiger partial charge in [-0.3, -0.25) is 9.59 Å². The van der Waals surface area contributed by atoms with E-state index in [1.165, 1.54) is 19.1 Å². The van der Waals surface area contributed by atoms with Crippen LogP contribution < -0.4 is 0 Å². The van der Waals surface area contributed by atoms with E-state index in [9.17, 15) is 64.7 Å². The number of cyclic esters (lactones) is 6. The summed E-state index contributed by atoms with van der Waals surface area (Å²) in [5.74, 6) is -22.3. The van der Waals surface area contributed by atoms with Gasteiger partial charge in [-0.05, 0) is 83.3 Å². The maximum atomic E-state index is 15.2. The van der Waals surface area contributed by atoms with E-state index in [0.29, 0.717) is 48.0 Å². The molecule has 0 aromatic heterocycles. The van der Waals surface area contributed by atoms with Crippen molar-refractivity contribution in [3.05, 3.63) is 162 Å². The number of rotatable bonds is 4. The molecule has 3 heterocycles. The van der Waals surface area contributed by atoms with E-state index < -0.39 is 139 Å². The summed E-state index contributed by atoms with van der Waals surface area (Å²) >= 11 is 0. The average Bonchev–Trinajstić information content (AvgIpc) is 3.89. The summed E-state index contributed by atoms with van der Waals surface area (Å²) in [6.45, 7) is 1.50. The zero-order valence-electron chi connectivity index (χ0n) is 31.6. The molecular weight excluding hydrogens is 913 g/mol. The first kappa shape index (κ1) is 46.1. The third-order valence-electron chi connectivity index (χ3n) is 10.8. The SMILES string of the molecule is C.Cc1cc2c(cc1-c1cc3c(cc1C(F)(F)F)C(=O)OC3=O)C(=O)CC2=O.O=C1OC(=O)c2cc(C(c3ccc4c(c3)C(=O)OC4=O)(c3c(F)c(F)c(F)c(F)c3F)C(F)(F)F)ccc21. The number of Topliss-reactive ketones (excluding diaryl/α,β-unsaturated/α-hetero) is 2. The maximum absolute atomic E-state index is 15.2. The summed E-state index contributed by atoms with van der Waals surface area (Å²) in [7, 11) is 0. The Labute approximate surface area is 359 Å². The molecule has 9 rings (SSSR count). The molecule has 0 saturated heterocycles. The molecule has 0 saturated carbocycles. The fourth-order valence-electron chi connectivity index (χ4n) is 7.88. The fourth-order valence-corrected chi connectivity index (χ4v) is 7.88. The number of ether oxygens (including phenoxy) is 3. The van der Waals surface area contributed by atoms with Crippen LogP contribution in [-0.4, -0.2) is 53.6 Å². The van der Waals surface area contributed by atoms with Crippen molar-refractivity contribution in [2.24, 2.45) is 0 Å². The van der Waals surface area contributed by atoms with Crippen LogP contribution in [0.25, 0.3) is 11.1 Å². The number of carbonyl (C=O) groups is 8. The number of hydrogen-bond donors (Lipinski definition) is 0. The van der Waals surface area contributed by atoms with Gasteiger partial charge >= 0.3 is 48.2 Å². The van der Waals surface area contributed by atoms with Gasteiger partial charge in [-0.15, -0.1) is 0 Å². The standard InChI is InChI=1S/C24H6F8O6.C19H9F3O5.CH4/c25-14-13(15(26)17(28)18(29)16(14)27)23(24(30,31)32,7-1-3-9-11(5-7)21(35)37-19(9)33)8-2-4-10-12(6-8)22(36)38-20(10)34;1-7-2-10-11(16(24)6-15(10)23)3-8(7)9-4-12-13(18(26)27-17(12)25)5-14(9)19(20,21)22;/h1-6H;2-5H,6H2,1H3;1H4. The Bertz CT molecular complexity index is 3040. The first-order valence-electron chi connectivity index (χ1n) is 17.9. The molecule has 4 aliphatic rings. The van der Waals surface area contributed by atoms with Crippen LogP contribution in [0.1, 0.15) is 125 Å². The van der Waals surface area contributed by atoms with E-state index in [2.05, 4.69) is 14.2 Å². The zero-order chi connectivity index (χ0) is 47.6. The van der Waals surface area contributed by atoms with Crippen molar-refractivity contribution in [3.63, 3.8) is 0 Å². The summed E-state index contributed by atoms with van der Waals surface area (Å²) in [5.41, 5.74) is -13.5. The molecule has 5 aromatic rings. The molecule has 0 N–H and O–H groups in total. The van der Waals surface area contributed by atoms with E-state index in [-0.39, 0.29) is 47.4 Å². The van der Waals surface area contributed by atoms with Crippen LogP contribution in [0.3, 0.4) is 0 Å².